The largest absolute Gasteiger partial charge is 0.376 e. The van der Waals surface area contributed by atoms with Crippen LogP contribution in [0.15, 0.2) is 50.2 Å². The van der Waals surface area contributed by atoms with Gasteiger partial charge in [-0.05, 0) is 68.1 Å². The highest BCUT2D eigenvalue weighted by molar-refractivity contribution is 9.11. The minimum Gasteiger partial charge on any atom is -0.376 e. The first-order valence-corrected chi connectivity index (χ1v) is 8.66. The van der Waals surface area contributed by atoms with Crippen LogP contribution in [0.5, 0.6) is 0 Å². The standard InChI is InChI=1S/C15H13Br2NS/c1-9-6-11(16)15(12(17)7-9)18-13-8-19-14-5-3-2-4-10(13)14/h2-7,13,18H,8H2,1H3. The Morgan fingerprint density at radius 1 is 1.16 bits per heavy atom. The summed E-state index contributed by atoms with van der Waals surface area (Å²) in [6.45, 7) is 2.10. The van der Waals surface area contributed by atoms with Gasteiger partial charge in [0.2, 0.25) is 0 Å². The van der Waals surface area contributed by atoms with E-state index in [1.807, 2.05) is 11.8 Å². The zero-order valence-electron chi connectivity index (χ0n) is 10.4. The van der Waals surface area contributed by atoms with Crippen molar-refractivity contribution in [1.82, 2.24) is 0 Å². The quantitative estimate of drug-likeness (QED) is 0.688. The van der Waals surface area contributed by atoms with Gasteiger partial charge in [-0.15, -0.1) is 11.8 Å². The van der Waals surface area contributed by atoms with Gasteiger partial charge < -0.3 is 5.32 Å². The summed E-state index contributed by atoms with van der Waals surface area (Å²) in [5, 5.41) is 3.65. The molecule has 0 radical (unpaired) electrons. The summed E-state index contributed by atoms with van der Waals surface area (Å²) in [6.07, 6.45) is 0. The number of thioether (sulfide) groups is 1. The molecule has 98 valence electrons. The minimum absolute atomic E-state index is 0.372. The highest BCUT2D eigenvalue weighted by Gasteiger charge is 2.23. The molecule has 1 heterocycles. The Labute approximate surface area is 134 Å². The predicted molar refractivity (Wildman–Crippen MR) is 90.1 cm³/mol. The Kier molecular flexibility index (Phi) is 3.92. The molecule has 4 heteroatoms. The fraction of sp³-hybridized carbons (Fsp3) is 0.200. The van der Waals surface area contributed by atoms with Crippen molar-refractivity contribution in [3.8, 4) is 0 Å². The second-order valence-corrected chi connectivity index (χ2v) is 7.42. The molecule has 0 bridgehead atoms. The maximum atomic E-state index is 3.65. The summed E-state index contributed by atoms with van der Waals surface area (Å²) >= 11 is 9.21. The Morgan fingerprint density at radius 2 is 1.84 bits per heavy atom. The molecule has 0 saturated heterocycles. The van der Waals surface area contributed by atoms with E-state index in [1.54, 1.807) is 0 Å². The van der Waals surface area contributed by atoms with E-state index < -0.39 is 0 Å². The molecular formula is C15H13Br2NS. The van der Waals surface area contributed by atoms with Crippen molar-refractivity contribution >= 4 is 49.3 Å². The van der Waals surface area contributed by atoms with Gasteiger partial charge in [-0.1, -0.05) is 18.2 Å². The zero-order chi connectivity index (χ0) is 13.4. The average Bonchev–Trinajstić information content (AvgIpc) is 2.77. The molecule has 19 heavy (non-hydrogen) atoms. The highest BCUT2D eigenvalue weighted by atomic mass is 79.9. The van der Waals surface area contributed by atoms with Gasteiger partial charge in [0.25, 0.3) is 0 Å². The van der Waals surface area contributed by atoms with E-state index in [-0.39, 0.29) is 0 Å². The normalized spacial score (nSPS) is 17.3. The third kappa shape index (κ3) is 2.71. The molecule has 1 unspecified atom stereocenters. The molecule has 0 aliphatic carbocycles. The summed E-state index contributed by atoms with van der Waals surface area (Å²) in [5.74, 6) is 1.08. The Bertz CT molecular complexity index is 604. The molecule has 3 rings (SSSR count). The van der Waals surface area contributed by atoms with E-state index in [9.17, 15) is 0 Å². The van der Waals surface area contributed by atoms with E-state index in [0.29, 0.717) is 6.04 Å². The lowest BCUT2D eigenvalue weighted by molar-refractivity contribution is 0.897. The van der Waals surface area contributed by atoms with Gasteiger partial charge in [0, 0.05) is 19.6 Å². The SMILES string of the molecule is Cc1cc(Br)c(NC2CSc3ccccc32)c(Br)c1. The van der Waals surface area contributed by atoms with E-state index in [1.165, 1.54) is 16.0 Å². The Morgan fingerprint density at radius 3 is 2.58 bits per heavy atom. The van der Waals surface area contributed by atoms with Crippen LogP contribution < -0.4 is 5.32 Å². The number of aryl methyl sites for hydroxylation is 1. The van der Waals surface area contributed by atoms with E-state index in [0.717, 1.165) is 20.4 Å². The summed E-state index contributed by atoms with van der Waals surface area (Å²) in [5.41, 5.74) is 3.77. The Balaban J connectivity index is 1.92. The molecule has 0 fully saturated rings. The second-order valence-electron chi connectivity index (χ2n) is 4.65. The molecule has 1 N–H and O–H groups in total. The van der Waals surface area contributed by atoms with Gasteiger partial charge >= 0.3 is 0 Å². The first-order chi connectivity index (χ1) is 9.15. The van der Waals surface area contributed by atoms with Gasteiger partial charge in [-0.3, -0.25) is 0 Å². The van der Waals surface area contributed by atoms with E-state index in [4.69, 9.17) is 0 Å². The number of hydrogen-bond donors (Lipinski definition) is 1. The van der Waals surface area contributed by atoms with Gasteiger partial charge in [0.15, 0.2) is 0 Å². The summed E-state index contributed by atoms with van der Waals surface area (Å²) in [4.78, 5) is 1.39. The van der Waals surface area contributed by atoms with Crippen LogP contribution in [-0.4, -0.2) is 5.75 Å². The zero-order valence-corrected chi connectivity index (χ0v) is 14.4. The molecule has 0 spiro atoms. The molecule has 1 nitrogen and oxygen atoms in total. The first kappa shape index (κ1) is 13.5. The molecule has 1 atom stereocenters. The number of hydrogen-bond acceptors (Lipinski definition) is 2. The molecule has 1 aliphatic rings. The van der Waals surface area contributed by atoms with Crippen LogP contribution >= 0.6 is 43.6 Å². The van der Waals surface area contributed by atoms with Crippen molar-refractivity contribution in [2.24, 2.45) is 0 Å². The number of fused-ring (bicyclic) bond motifs is 1. The minimum atomic E-state index is 0.372. The molecule has 0 saturated carbocycles. The fourth-order valence-corrected chi connectivity index (χ4v) is 5.10. The first-order valence-electron chi connectivity index (χ1n) is 6.09. The van der Waals surface area contributed by atoms with E-state index in [2.05, 4.69) is 80.5 Å². The monoisotopic (exact) mass is 397 g/mol. The van der Waals surface area contributed by atoms with Crippen LogP contribution in [0, 0.1) is 6.92 Å². The molecular weight excluding hydrogens is 386 g/mol. The van der Waals surface area contributed by atoms with Crippen LogP contribution in [0.4, 0.5) is 5.69 Å². The van der Waals surface area contributed by atoms with Crippen molar-refractivity contribution in [2.75, 3.05) is 11.1 Å². The molecule has 2 aromatic rings. The van der Waals surface area contributed by atoms with Crippen molar-refractivity contribution in [1.29, 1.82) is 0 Å². The molecule has 2 aromatic carbocycles. The third-order valence-electron chi connectivity index (χ3n) is 3.20. The van der Waals surface area contributed by atoms with Crippen LogP contribution in [-0.2, 0) is 0 Å². The molecule has 0 amide bonds. The molecule has 0 aromatic heterocycles. The summed E-state index contributed by atoms with van der Waals surface area (Å²) in [6, 6.07) is 13.3. The highest BCUT2D eigenvalue weighted by Crippen LogP contribution is 2.42. The topological polar surface area (TPSA) is 12.0 Å². The van der Waals surface area contributed by atoms with Crippen molar-refractivity contribution in [3.63, 3.8) is 0 Å². The number of nitrogens with one attached hydrogen (secondary N) is 1. The average molecular weight is 399 g/mol. The maximum absolute atomic E-state index is 3.65. The number of benzene rings is 2. The lowest BCUT2D eigenvalue weighted by Gasteiger charge is -2.18. The summed E-state index contributed by atoms with van der Waals surface area (Å²) < 4.78 is 2.21. The number of anilines is 1. The maximum Gasteiger partial charge on any atom is 0.0634 e. The van der Waals surface area contributed by atoms with E-state index >= 15 is 0 Å². The van der Waals surface area contributed by atoms with Crippen LogP contribution in [0.2, 0.25) is 0 Å². The van der Waals surface area contributed by atoms with Gasteiger partial charge in [0.05, 0.1) is 11.7 Å². The molecule has 1 aliphatic heterocycles. The second kappa shape index (κ2) is 5.51. The van der Waals surface area contributed by atoms with Crippen molar-refractivity contribution in [3.05, 3.63) is 56.5 Å². The Hall–Kier alpha value is -0.450. The fourth-order valence-electron chi connectivity index (χ4n) is 2.29. The lowest BCUT2D eigenvalue weighted by Crippen LogP contribution is -2.10. The van der Waals surface area contributed by atoms with Crippen LogP contribution in [0.1, 0.15) is 17.2 Å². The van der Waals surface area contributed by atoms with Crippen LogP contribution in [0.3, 0.4) is 0 Å². The van der Waals surface area contributed by atoms with Crippen molar-refractivity contribution in [2.45, 2.75) is 17.9 Å². The number of rotatable bonds is 2. The third-order valence-corrected chi connectivity index (χ3v) is 5.64. The predicted octanol–water partition coefficient (Wildman–Crippen LogP) is 5.78. The number of halogens is 2. The van der Waals surface area contributed by atoms with Crippen molar-refractivity contribution < 1.29 is 0 Å². The van der Waals surface area contributed by atoms with Gasteiger partial charge in [-0.2, -0.15) is 0 Å². The van der Waals surface area contributed by atoms with Gasteiger partial charge in [-0.25, -0.2) is 0 Å². The van der Waals surface area contributed by atoms with Crippen LogP contribution in [0.25, 0.3) is 0 Å². The smallest absolute Gasteiger partial charge is 0.0634 e. The summed E-state index contributed by atoms with van der Waals surface area (Å²) in [7, 11) is 0. The van der Waals surface area contributed by atoms with Gasteiger partial charge in [0.1, 0.15) is 0 Å². The lowest BCUT2D eigenvalue weighted by atomic mass is 10.1.